The normalized spacial score (nSPS) is 15.7. The van der Waals surface area contributed by atoms with Crippen LogP contribution in [0.25, 0.3) is 10.9 Å². The molecule has 1 unspecified atom stereocenters. The molecular formula is C24H30N4O6S. The Balaban J connectivity index is 1.65. The maximum atomic E-state index is 13.2. The lowest BCUT2D eigenvalue weighted by atomic mass is 10.0. The van der Waals surface area contributed by atoms with Gasteiger partial charge in [-0.05, 0) is 61.8 Å². The van der Waals surface area contributed by atoms with E-state index in [9.17, 15) is 18.0 Å². The zero-order chi connectivity index (χ0) is 25.2. The molecule has 2 N–H and O–H groups in total. The molecule has 188 valence electrons. The van der Waals surface area contributed by atoms with E-state index in [-0.39, 0.29) is 28.4 Å². The molecule has 1 aliphatic heterocycles. The molecule has 10 nitrogen and oxygen atoms in total. The maximum Gasteiger partial charge on any atom is 0.328 e. The van der Waals surface area contributed by atoms with Gasteiger partial charge < -0.3 is 14.5 Å². The van der Waals surface area contributed by atoms with Crippen molar-refractivity contribution in [2.75, 3.05) is 33.9 Å². The molecule has 1 fully saturated rings. The molecular weight excluding hydrogens is 472 g/mol. The number of aromatic nitrogens is 2. The van der Waals surface area contributed by atoms with Crippen LogP contribution in [-0.4, -0.2) is 56.7 Å². The SMILES string of the molecule is COc1ccc(C(CNS(=O)(=O)c2ccc3[nH]c(=O)n(C)c(=O)c3c2)N2CCCCC2)cc1OC. The van der Waals surface area contributed by atoms with E-state index in [0.29, 0.717) is 11.5 Å². The zero-order valence-electron chi connectivity index (χ0n) is 20.0. The van der Waals surface area contributed by atoms with Crippen LogP contribution in [0.15, 0.2) is 50.9 Å². The van der Waals surface area contributed by atoms with Gasteiger partial charge in [-0.15, -0.1) is 0 Å². The van der Waals surface area contributed by atoms with Gasteiger partial charge in [-0.3, -0.25) is 14.3 Å². The van der Waals surface area contributed by atoms with Crippen LogP contribution in [0.1, 0.15) is 30.9 Å². The first kappa shape index (κ1) is 25.0. The summed E-state index contributed by atoms with van der Waals surface area (Å²) in [5, 5.41) is 0.127. The van der Waals surface area contributed by atoms with Crippen LogP contribution in [0.2, 0.25) is 0 Å². The molecule has 1 aliphatic rings. The summed E-state index contributed by atoms with van der Waals surface area (Å²) in [5.41, 5.74) is 0.0821. The van der Waals surface area contributed by atoms with Crippen LogP contribution < -0.4 is 25.4 Å². The highest BCUT2D eigenvalue weighted by Crippen LogP contribution is 2.33. The van der Waals surface area contributed by atoms with Crippen molar-refractivity contribution in [2.24, 2.45) is 7.05 Å². The second-order valence-electron chi connectivity index (χ2n) is 8.58. The van der Waals surface area contributed by atoms with Gasteiger partial charge in [0.2, 0.25) is 10.0 Å². The van der Waals surface area contributed by atoms with E-state index in [4.69, 9.17) is 9.47 Å². The number of piperidine rings is 1. The molecule has 3 aromatic rings. The van der Waals surface area contributed by atoms with Gasteiger partial charge in [0, 0.05) is 19.6 Å². The molecule has 2 heterocycles. The smallest absolute Gasteiger partial charge is 0.328 e. The van der Waals surface area contributed by atoms with Crippen molar-refractivity contribution in [1.29, 1.82) is 0 Å². The van der Waals surface area contributed by atoms with Crippen molar-refractivity contribution in [2.45, 2.75) is 30.2 Å². The van der Waals surface area contributed by atoms with E-state index in [1.54, 1.807) is 14.2 Å². The Morgan fingerprint density at radius 2 is 1.71 bits per heavy atom. The summed E-state index contributed by atoms with van der Waals surface area (Å²) in [4.78, 5) is 29.1. The summed E-state index contributed by atoms with van der Waals surface area (Å²) in [7, 11) is 0.542. The first-order valence-corrected chi connectivity index (χ1v) is 12.9. The Morgan fingerprint density at radius 3 is 2.40 bits per heavy atom. The van der Waals surface area contributed by atoms with Crippen molar-refractivity contribution in [3.8, 4) is 11.5 Å². The number of nitrogens with one attached hydrogen (secondary N) is 2. The molecule has 0 bridgehead atoms. The number of ether oxygens (including phenoxy) is 2. The van der Waals surface area contributed by atoms with Crippen LogP contribution in [0, 0.1) is 0 Å². The predicted octanol–water partition coefficient (Wildman–Crippen LogP) is 1.75. The number of rotatable bonds is 8. The Hall–Kier alpha value is -3.15. The van der Waals surface area contributed by atoms with Crippen LogP contribution in [0.5, 0.6) is 11.5 Å². The summed E-state index contributed by atoms with van der Waals surface area (Å²) in [6, 6.07) is 9.51. The number of sulfonamides is 1. The van der Waals surface area contributed by atoms with Crippen LogP contribution in [0.3, 0.4) is 0 Å². The number of H-pyrrole nitrogens is 1. The van der Waals surface area contributed by atoms with Gasteiger partial charge in [0.25, 0.3) is 5.56 Å². The van der Waals surface area contributed by atoms with Crippen molar-refractivity contribution >= 4 is 20.9 Å². The molecule has 0 saturated carbocycles. The molecule has 1 saturated heterocycles. The number of hydrogen-bond acceptors (Lipinski definition) is 7. The Labute approximate surface area is 203 Å². The number of hydrogen-bond donors (Lipinski definition) is 2. The summed E-state index contributed by atoms with van der Waals surface area (Å²) in [6.07, 6.45) is 3.24. The topological polar surface area (TPSA) is 123 Å². The maximum absolute atomic E-state index is 13.2. The van der Waals surface area contributed by atoms with Crippen LogP contribution >= 0.6 is 0 Å². The summed E-state index contributed by atoms with van der Waals surface area (Å²) in [6.45, 7) is 1.86. The first-order chi connectivity index (χ1) is 16.7. The molecule has 11 heteroatoms. The lowest BCUT2D eigenvalue weighted by molar-refractivity contribution is 0.164. The van der Waals surface area contributed by atoms with Gasteiger partial charge in [-0.2, -0.15) is 0 Å². The fraction of sp³-hybridized carbons (Fsp3) is 0.417. The minimum Gasteiger partial charge on any atom is -0.493 e. The summed E-state index contributed by atoms with van der Waals surface area (Å²) in [5.74, 6) is 1.18. The van der Waals surface area contributed by atoms with Crippen molar-refractivity contribution < 1.29 is 17.9 Å². The minimum absolute atomic E-state index is 0.0427. The third kappa shape index (κ3) is 5.12. The zero-order valence-corrected chi connectivity index (χ0v) is 20.9. The van der Waals surface area contributed by atoms with Gasteiger partial charge in [0.15, 0.2) is 11.5 Å². The Morgan fingerprint density at radius 1 is 1.00 bits per heavy atom. The molecule has 0 amide bonds. The monoisotopic (exact) mass is 502 g/mol. The van der Waals surface area contributed by atoms with E-state index < -0.39 is 21.3 Å². The van der Waals surface area contributed by atoms with E-state index in [1.165, 1.54) is 25.2 Å². The highest BCUT2D eigenvalue weighted by Gasteiger charge is 2.26. The van der Waals surface area contributed by atoms with Crippen molar-refractivity contribution in [1.82, 2.24) is 19.2 Å². The lowest BCUT2D eigenvalue weighted by Crippen LogP contribution is -2.40. The first-order valence-electron chi connectivity index (χ1n) is 11.4. The standard InChI is InChI=1S/C24H30N4O6S/c1-27-23(29)18-14-17(8-9-19(18)26-24(27)30)35(31,32)25-15-20(28-11-5-4-6-12-28)16-7-10-21(33-2)22(13-16)34-3/h7-10,13-14,20,25H,4-6,11-12,15H2,1-3H3,(H,26,30). The second kappa shape index (κ2) is 10.2. The number of likely N-dealkylation sites (tertiary alicyclic amines) is 1. The van der Waals surface area contributed by atoms with Crippen molar-refractivity contribution in [3.63, 3.8) is 0 Å². The Bertz CT molecular complexity index is 1440. The third-order valence-corrected chi connectivity index (χ3v) is 7.89. The molecule has 1 atom stereocenters. The van der Waals surface area contributed by atoms with Gasteiger partial charge >= 0.3 is 5.69 Å². The number of nitrogens with zero attached hydrogens (tertiary/aromatic N) is 2. The fourth-order valence-electron chi connectivity index (χ4n) is 4.47. The molecule has 0 spiro atoms. The number of methoxy groups -OCH3 is 2. The van der Waals surface area contributed by atoms with Crippen LogP contribution in [-0.2, 0) is 17.1 Å². The van der Waals surface area contributed by atoms with E-state index in [1.807, 2.05) is 18.2 Å². The van der Waals surface area contributed by atoms with Gasteiger partial charge in [0.1, 0.15) is 0 Å². The summed E-state index contributed by atoms with van der Waals surface area (Å²) >= 11 is 0. The third-order valence-electron chi connectivity index (χ3n) is 6.47. The molecule has 4 rings (SSSR count). The highest BCUT2D eigenvalue weighted by molar-refractivity contribution is 7.89. The average molecular weight is 503 g/mol. The summed E-state index contributed by atoms with van der Waals surface area (Å²) < 4.78 is 40.9. The molecule has 1 aromatic heterocycles. The van der Waals surface area contributed by atoms with Gasteiger partial charge in [0.05, 0.1) is 30.0 Å². The number of fused-ring (bicyclic) bond motifs is 1. The molecule has 0 aliphatic carbocycles. The average Bonchev–Trinajstić information content (AvgIpc) is 2.87. The van der Waals surface area contributed by atoms with Gasteiger partial charge in [-0.25, -0.2) is 17.9 Å². The van der Waals surface area contributed by atoms with Crippen LogP contribution in [0.4, 0.5) is 0 Å². The van der Waals surface area contributed by atoms with Crippen molar-refractivity contribution in [3.05, 3.63) is 62.8 Å². The Kier molecular flexibility index (Phi) is 7.29. The fourth-order valence-corrected chi connectivity index (χ4v) is 5.53. The second-order valence-corrected chi connectivity index (χ2v) is 10.3. The van der Waals surface area contributed by atoms with E-state index in [0.717, 1.165) is 42.5 Å². The molecule has 35 heavy (non-hydrogen) atoms. The lowest BCUT2D eigenvalue weighted by Gasteiger charge is -2.35. The van der Waals surface area contributed by atoms with Gasteiger partial charge in [-0.1, -0.05) is 12.5 Å². The van der Waals surface area contributed by atoms with E-state index in [2.05, 4.69) is 14.6 Å². The molecule has 0 radical (unpaired) electrons. The molecule has 2 aromatic carbocycles. The highest BCUT2D eigenvalue weighted by atomic mass is 32.2. The number of aromatic amines is 1. The number of benzene rings is 2. The largest absolute Gasteiger partial charge is 0.493 e. The predicted molar refractivity (Wildman–Crippen MR) is 133 cm³/mol. The quantitative estimate of drug-likeness (QED) is 0.481. The minimum atomic E-state index is -3.93. The van der Waals surface area contributed by atoms with E-state index >= 15 is 0 Å².